The molecule has 1 N–H and O–H groups in total. The molecule has 4 rings (SSSR count). The summed E-state index contributed by atoms with van der Waals surface area (Å²) < 4.78 is 0. The van der Waals surface area contributed by atoms with Crippen molar-refractivity contribution in [1.82, 2.24) is 10.3 Å². The molecule has 3 nitrogen and oxygen atoms in total. The van der Waals surface area contributed by atoms with E-state index in [0.29, 0.717) is 5.56 Å². The third-order valence-electron chi connectivity index (χ3n) is 4.49. The minimum atomic E-state index is -0.0368. The molecule has 4 heteroatoms. The number of rotatable bonds is 3. The summed E-state index contributed by atoms with van der Waals surface area (Å²) in [6, 6.07) is 14.7. The SMILES string of the molecule is O=C(N[C@@H]1CCc2ccccc2C1)c1cncc(-c2cccs2)c1. The van der Waals surface area contributed by atoms with E-state index in [1.807, 2.05) is 23.6 Å². The van der Waals surface area contributed by atoms with E-state index in [2.05, 4.69) is 34.6 Å². The van der Waals surface area contributed by atoms with Gasteiger partial charge < -0.3 is 5.32 Å². The van der Waals surface area contributed by atoms with Gasteiger partial charge in [0.2, 0.25) is 0 Å². The van der Waals surface area contributed by atoms with Crippen LogP contribution in [0.2, 0.25) is 0 Å². The molecule has 1 aliphatic carbocycles. The molecule has 0 saturated heterocycles. The van der Waals surface area contributed by atoms with E-state index in [1.54, 1.807) is 23.7 Å². The van der Waals surface area contributed by atoms with Crippen molar-refractivity contribution in [3.05, 3.63) is 76.9 Å². The van der Waals surface area contributed by atoms with Crippen LogP contribution >= 0.6 is 11.3 Å². The summed E-state index contributed by atoms with van der Waals surface area (Å²) in [6.45, 7) is 0. The molecule has 1 aliphatic rings. The van der Waals surface area contributed by atoms with Crippen LogP contribution in [0.4, 0.5) is 0 Å². The summed E-state index contributed by atoms with van der Waals surface area (Å²) in [5.74, 6) is -0.0368. The number of aryl methyl sites for hydroxylation is 1. The van der Waals surface area contributed by atoms with Gasteiger partial charge in [0.15, 0.2) is 0 Å². The first kappa shape index (κ1) is 15.1. The first-order chi connectivity index (χ1) is 11.8. The number of nitrogens with zero attached hydrogens (tertiary/aromatic N) is 1. The molecule has 0 unspecified atom stereocenters. The Hall–Kier alpha value is -2.46. The standard InChI is InChI=1S/C20H18N2OS/c23-20(17-10-16(12-21-13-17)19-6-3-9-24-19)22-18-8-7-14-4-1-2-5-15(14)11-18/h1-6,9-10,12-13,18H,7-8,11H2,(H,22,23)/t18-/m1/s1. The predicted molar refractivity (Wildman–Crippen MR) is 97.3 cm³/mol. The van der Waals surface area contributed by atoms with Crippen LogP contribution in [0.5, 0.6) is 0 Å². The third kappa shape index (κ3) is 3.10. The number of hydrogen-bond donors (Lipinski definition) is 1. The molecule has 3 aromatic rings. The van der Waals surface area contributed by atoms with Gasteiger partial charge in [-0.3, -0.25) is 9.78 Å². The molecule has 2 heterocycles. The van der Waals surface area contributed by atoms with Crippen LogP contribution < -0.4 is 5.32 Å². The second-order valence-corrected chi connectivity index (χ2v) is 7.07. The lowest BCUT2D eigenvalue weighted by atomic mass is 9.88. The number of hydrogen-bond acceptors (Lipinski definition) is 3. The van der Waals surface area contributed by atoms with Crippen molar-refractivity contribution in [1.29, 1.82) is 0 Å². The van der Waals surface area contributed by atoms with Crippen LogP contribution in [0.3, 0.4) is 0 Å². The Bertz CT molecular complexity index is 858. The number of carbonyl (C=O) groups excluding carboxylic acids is 1. The fraction of sp³-hybridized carbons (Fsp3) is 0.200. The highest BCUT2D eigenvalue weighted by atomic mass is 32.1. The summed E-state index contributed by atoms with van der Waals surface area (Å²) in [5, 5.41) is 5.20. The van der Waals surface area contributed by atoms with Gasteiger partial charge in [-0.1, -0.05) is 30.3 Å². The Kier molecular flexibility index (Phi) is 4.13. The normalized spacial score (nSPS) is 16.4. The van der Waals surface area contributed by atoms with Gasteiger partial charge in [-0.15, -0.1) is 11.3 Å². The lowest BCUT2D eigenvalue weighted by Gasteiger charge is -2.25. The molecule has 0 fully saturated rings. The second-order valence-electron chi connectivity index (χ2n) is 6.12. The monoisotopic (exact) mass is 334 g/mol. The minimum Gasteiger partial charge on any atom is -0.349 e. The van der Waals surface area contributed by atoms with Gasteiger partial charge in [0.1, 0.15) is 0 Å². The largest absolute Gasteiger partial charge is 0.349 e. The first-order valence-corrected chi connectivity index (χ1v) is 9.04. The van der Waals surface area contributed by atoms with E-state index in [9.17, 15) is 4.79 Å². The molecule has 0 aliphatic heterocycles. The van der Waals surface area contributed by atoms with Crippen molar-refractivity contribution in [3.8, 4) is 10.4 Å². The molecule has 2 aromatic heterocycles. The maximum atomic E-state index is 12.6. The van der Waals surface area contributed by atoms with Gasteiger partial charge in [-0.2, -0.15) is 0 Å². The molecule has 24 heavy (non-hydrogen) atoms. The Morgan fingerprint density at radius 2 is 2.00 bits per heavy atom. The number of carbonyl (C=O) groups is 1. The Morgan fingerprint density at radius 1 is 1.12 bits per heavy atom. The van der Waals surface area contributed by atoms with Crippen LogP contribution in [0.15, 0.2) is 60.2 Å². The summed E-state index contributed by atoms with van der Waals surface area (Å²) in [4.78, 5) is 18.0. The summed E-state index contributed by atoms with van der Waals surface area (Å²) >= 11 is 1.65. The number of pyridine rings is 1. The van der Waals surface area contributed by atoms with Crippen molar-refractivity contribution >= 4 is 17.2 Å². The van der Waals surface area contributed by atoms with Crippen molar-refractivity contribution < 1.29 is 4.79 Å². The Balaban J connectivity index is 1.48. The van der Waals surface area contributed by atoms with Crippen LogP contribution in [0.25, 0.3) is 10.4 Å². The van der Waals surface area contributed by atoms with E-state index < -0.39 is 0 Å². The van der Waals surface area contributed by atoms with Crippen molar-refractivity contribution in [2.45, 2.75) is 25.3 Å². The molecule has 0 saturated carbocycles. The summed E-state index contributed by atoms with van der Waals surface area (Å²) in [5.41, 5.74) is 4.37. The minimum absolute atomic E-state index is 0.0368. The molecule has 120 valence electrons. The molecule has 1 atom stereocenters. The zero-order valence-corrected chi connectivity index (χ0v) is 14.1. The molecule has 0 radical (unpaired) electrons. The molecule has 0 spiro atoms. The maximum absolute atomic E-state index is 12.6. The van der Waals surface area contributed by atoms with Crippen LogP contribution in [-0.2, 0) is 12.8 Å². The zero-order valence-electron chi connectivity index (χ0n) is 13.2. The highest BCUT2D eigenvalue weighted by Crippen LogP contribution is 2.25. The number of thiophene rings is 1. The molecular formula is C20H18N2OS. The molecule has 1 aromatic carbocycles. The average Bonchev–Trinajstić information content (AvgIpc) is 3.16. The fourth-order valence-electron chi connectivity index (χ4n) is 3.23. The van der Waals surface area contributed by atoms with Gasteiger partial charge >= 0.3 is 0 Å². The van der Waals surface area contributed by atoms with Crippen LogP contribution in [0.1, 0.15) is 27.9 Å². The number of nitrogens with one attached hydrogen (secondary N) is 1. The van der Waals surface area contributed by atoms with Crippen LogP contribution in [0, 0.1) is 0 Å². The van der Waals surface area contributed by atoms with Gasteiger partial charge in [-0.25, -0.2) is 0 Å². The quantitative estimate of drug-likeness (QED) is 0.783. The number of amides is 1. The number of fused-ring (bicyclic) bond motifs is 1. The predicted octanol–water partition coefficient (Wildman–Crippen LogP) is 4.10. The topological polar surface area (TPSA) is 42.0 Å². The van der Waals surface area contributed by atoms with Crippen LogP contribution in [-0.4, -0.2) is 16.9 Å². The lowest BCUT2D eigenvalue weighted by molar-refractivity contribution is 0.0933. The summed E-state index contributed by atoms with van der Waals surface area (Å²) in [6.07, 6.45) is 6.36. The Morgan fingerprint density at radius 3 is 2.83 bits per heavy atom. The average molecular weight is 334 g/mol. The molecular weight excluding hydrogens is 316 g/mol. The smallest absolute Gasteiger partial charge is 0.253 e. The summed E-state index contributed by atoms with van der Waals surface area (Å²) in [7, 11) is 0. The Labute approximate surface area is 145 Å². The van der Waals surface area contributed by atoms with Gasteiger partial charge in [-0.05, 0) is 47.9 Å². The third-order valence-corrected chi connectivity index (χ3v) is 5.41. The van der Waals surface area contributed by atoms with E-state index >= 15 is 0 Å². The second kappa shape index (κ2) is 6.57. The zero-order chi connectivity index (χ0) is 16.4. The van der Waals surface area contributed by atoms with Gasteiger partial charge in [0.05, 0.1) is 5.56 Å². The first-order valence-electron chi connectivity index (χ1n) is 8.16. The van der Waals surface area contributed by atoms with E-state index in [1.165, 1.54) is 11.1 Å². The maximum Gasteiger partial charge on any atom is 0.253 e. The van der Waals surface area contributed by atoms with E-state index in [0.717, 1.165) is 29.7 Å². The van der Waals surface area contributed by atoms with Crippen molar-refractivity contribution in [2.24, 2.45) is 0 Å². The van der Waals surface area contributed by atoms with Gasteiger partial charge in [0.25, 0.3) is 5.91 Å². The van der Waals surface area contributed by atoms with E-state index in [4.69, 9.17) is 0 Å². The lowest BCUT2D eigenvalue weighted by Crippen LogP contribution is -2.38. The van der Waals surface area contributed by atoms with Gasteiger partial charge in [0, 0.05) is 28.9 Å². The highest BCUT2D eigenvalue weighted by Gasteiger charge is 2.20. The number of benzene rings is 1. The molecule has 0 bridgehead atoms. The number of aromatic nitrogens is 1. The van der Waals surface area contributed by atoms with Crippen molar-refractivity contribution in [2.75, 3.05) is 0 Å². The fourth-order valence-corrected chi connectivity index (χ4v) is 3.94. The van der Waals surface area contributed by atoms with E-state index in [-0.39, 0.29) is 11.9 Å². The van der Waals surface area contributed by atoms with Crippen molar-refractivity contribution in [3.63, 3.8) is 0 Å². The highest BCUT2D eigenvalue weighted by molar-refractivity contribution is 7.13. The molecule has 1 amide bonds.